The van der Waals surface area contributed by atoms with Crippen molar-refractivity contribution in [2.75, 3.05) is 176 Å². The number of nitro groups is 2. The Kier molecular flexibility index (Phi) is 60.6. The topological polar surface area (TPSA) is 683 Å². The molecule has 0 fully saturated rings. The van der Waals surface area contributed by atoms with Crippen molar-refractivity contribution in [3.8, 4) is 11.5 Å². The molecule has 4 aromatic rings. The van der Waals surface area contributed by atoms with Gasteiger partial charge in [-0.25, -0.2) is 14.4 Å². The molecular weight excluding hydrogens is 1810 g/mol. The summed E-state index contributed by atoms with van der Waals surface area (Å²) in [6.07, 6.45) is 3.94. The summed E-state index contributed by atoms with van der Waals surface area (Å²) >= 11 is 0. The number of aliphatic carboxylic acids is 1. The minimum Gasteiger partial charge on any atom is -0.480 e. The van der Waals surface area contributed by atoms with Gasteiger partial charge in [-0.2, -0.15) is 0 Å². The molecule has 2 aliphatic heterocycles. The van der Waals surface area contributed by atoms with Crippen molar-refractivity contribution >= 4 is 112 Å². The van der Waals surface area contributed by atoms with Gasteiger partial charge in [-0.15, -0.1) is 0 Å². The van der Waals surface area contributed by atoms with Gasteiger partial charge in [-0.05, 0) is 90.8 Å². The van der Waals surface area contributed by atoms with Crippen LogP contribution < -0.4 is 63.9 Å². The summed E-state index contributed by atoms with van der Waals surface area (Å²) in [5, 5.41) is 66.3. The number of imide groups is 2. The number of carboxylic acid groups (broad SMARTS) is 1. The third-order valence-corrected chi connectivity index (χ3v) is 18.9. The highest BCUT2D eigenvalue weighted by Crippen LogP contribution is 2.23. The van der Waals surface area contributed by atoms with Gasteiger partial charge in [0, 0.05) is 137 Å². The van der Waals surface area contributed by atoms with Gasteiger partial charge in [0.1, 0.15) is 35.4 Å². The summed E-state index contributed by atoms with van der Waals surface area (Å²) < 4.78 is 63.9. The molecule has 0 aliphatic carbocycles. The lowest BCUT2D eigenvalue weighted by Crippen LogP contribution is -2.53. The minimum absolute atomic E-state index is 0.00627. The van der Waals surface area contributed by atoms with Gasteiger partial charge in [0.2, 0.25) is 41.4 Å². The number of primary amides is 2. The molecule has 0 saturated heterocycles. The molecule has 16 N–H and O–H groups in total. The van der Waals surface area contributed by atoms with E-state index in [0.29, 0.717) is 123 Å². The Morgan fingerprint density at radius 2 is 0.796 bits per heavy atom. The van der Waals surface area contributed by atoms with Crippen molar-refractivity contribution in [1.29, 1.82) is 0 Å². The fourth-order valence-corrected chi connectivity index (χ4v) is 11.4. The third-order valence-electron chi connectivity index (χ3n) is 18.9. The van der Waals surface area contributed by atoms with E-state index in [1.54, 1.807) is 62.4 Å². The predicted octanol–water partition coefficient (Wildman–Crippen LogP) is 1.89. The molecule has 2 heterocycles. The Morgan fingerprint density at radius 1 is 0.416 bits per heavy atom. The first-order valence-corrected chi connectivity index (χ1v) is 43.8. The van der Waals surface area contributed by atoms with E-state index >= 15 is 0 Å². The lowest BCUT2D eigenvalue weighted by molar-refractivity contribution is -0.385. The summed E-state index contributed by atoms with van der Waals surface area (Å²) in [6, 6.07) is 19.4. The van der Waals surface area contributed by atoms with Crippen molar-refractivity contribution in [3.05, 3.63) is 153 Å². The summed E-state index contributed by atoms with van der Waals surface area (Å²) in [7, 11) is 0. The number of benzene rings is 4. The maximum Gasteiger partial charge on any atom is 0.519 e. The number of nitrogens with two attached hydrogens (primary N) is 3. The molecule has 0 aromatic heterocycles. The average Bonchev–Trinajstić information content (AvgIpc) is 1.63. The molecule has 6 rings (SSSR count). The summed E-state index contributed by atoms with van der Waals surface area (Å²) in [5.74, 6) is -7.42. The highest BCUT2D eigenvalue weighted by atomic mass is 16.7. The molecule has 137 heavy (non-hydrogen) atoms. The van der Waals surface area contributed by atoms with E-state index in [-0.39, 0.29) is 176 Å². The number of hydrogen-bond acceptors (Lipinski definition) is 34. The Hall–Kier alpha value is -13.3. The molecule has 0 saturated carbocycles. The number of nitro benzene ring substituents is 2. The lowest BCUT2D eigenvalue weighted by Gasteiger charge is -2.24. The van der Waals surface area contributed by atoms with Crippen LogP contribution in [0.3, 0.4) is 0 Å². The monoisotopic (exact) mass is 1930 g/mol. The van der Waals surface area contributed by atoms with Crippen molar-refractivity contribution < 1.29 is 154 Å². The van der Waals surface area contributed by atoms with E-state index in [0.717, 1.165) is 21.1 Å². The third kappa shape index (κ3) is 54.8. The molecule has 4 aromatic carbocycles. The van der Waals surface area contributed by atoms with Crippen LogP contribution in [-0.2, 0) is 123 Å². The Balaban J connectivity index is 0.000000538. The van der Waals surface area contributed by atoms with Gasteiger partial charge >= 0.3 is 18.2 Å². The van der Waals surface area contributed by atoms with Gasteiger partial charge in [0.05, 0.1) is 155 Å². The first-order chi connectivity index (χ1) is 65.6. The normalized spacial score (nSPS) is 12.7. The molecule has 2 aliphatic rings. The molecular formula is C89H126N14O34. The number of anilines is 2. The fourth-order valence-electron chi connectivity index (χ4n) is 11.4. The van der Waals surface area contributed by atoms with Crippen LogP contribution in [0.2, 0.25) is 0 Å². The number of carbonyl (C=O) groups is 15. The summed E-state index contributed by atoms with van der Waals surface area (Å²) in [6.45, 7) is 14.0. The molecule has 48 heteroatoms. The number of ketones is 1. The number of hydrogen-bond donors (Lipinski definition) is 13. The van der Waals surface area contributed by atoms with Gasteiger partial charge in [0.25, 0.3) is 35.0 Å². The molecule has 48 nitrogen and oxygen atoms in total. The van der Waals surface area contributed by atoms with E-state index in [4.69, 9.17) is 79.1 Å². The zero-order valence-electron chi connectivity index (χ0n) is 77.0. The number of urea groups is 1. The van der Waals surface area contributed by atoms with Gasteiger partial charge in [-0.3, -0.25) is 87.6 Å². The number of nitrogen functional groups attached to an aromatic ring is 1. The largest absolute Gasteiger partial charge is 0.519 e. The number of amides is 13. The Bertz CT molecular complexity index is 4370. The highest BCUT2D eigenvalue weighted by Gasteiger charge is 2.32. The quantitative estimate of drug-likeness (QED) is 0.00571. The molecule has 0 unspecified atom stereocenters. The standard InChI is InChI=1S/C38H57N5O13.C31H52N6O13.C13H8N2O7.C7H9NO/c1-27(2)31(37(50)42-32(7-8-33(39)46)38(51)41-29-5-3-28(26-44)4-6-29)25-30(45)12-15-52-17-19-54-21-23-56-24-22-55-20-18-53-16-13-40-34(47)11-14-43-35(48)9-10-36(43)49;1-22(2)28(29(42)35-23(30(43)44)4-3-9-34-31(32)45)36-25(39)8-12-46-14-16-48-18-20-50-21-19-49-17-15-47-13-10-33-24(38)7-11-37-26(40)5-6-27(37)41;16-13(21-11-5-1-9(2-6-11)14(17)18)22-12-7-3-10(4-8-12)15(19)20;8-7-3-1-6(5-9)2-4-7/h3-6,9-10,27,31-32,44H,7-8,11-26H2,1-2H3,(H2,39,46)(H,40,47)(H,41,51)(H,42,50);5-6,22-23,28H,3-4,7-21H2,1-2H3,(H,33,38)(H,35,42)(H,36,39)(H,43,44)(H3,32,34,45);1-8H;1-4,9H,5,8H2/t31-,32-;23-,28-;;/m00../s1. The number of Topliss-reactive ketones (excluding diaryl/α,β-unsaturated/α-hetero) is 1. The number of carboxylic acids is 1. The van der Waals surface area contributed by atoms with Gasteiger partial charge in [-0.1, -0.05) is 52.0 Å². The number of aliphatic hydroxyl groups excluding tert-OH is 2. The van der Waals surface area contributed by atoms with Crippen LogP contribution in [0.1, 0.15) is 96.6 Å². The number of nitrogens with one attached hydrogen (secondary N) is 7. The second-order valence-electron chi connectivity index (χ2n) is 30.1. The van der Waals surface area contributed by atoms with Crippen molar-refractivity contribution in [3.63, 3.8) is 0 Å². The zero-order valence-corrected chi connectivity index (χ0v) is 77.0. The maximum absolute atomic E-state index is 13.2. The molecule has 756 valence electrons. The lowest BCUT2D eigenvalue weighted by atomic mass is 9.88. The maximum atomic E-state index is 13.2. The van der Waals surface area contributed by atoms with E-state index in [1.165, 1.54) is 72.8 Å². The molecule has 13 amide bonds. The number of nitrogens with zero attached hydrogens (tertiary/aromatic N) is 4. The average molecular weight is 1940 g/mol. The molecule has 4 atom stereocenters. The van der Waals surface area contributed by atoms with Crippen LogP contribution in [0.5, 0.6) is 11.5 Å². The molecule has 0 spiro atoms. The minimum atomic E-state index is -1.23. The number of carbonyl (C=O) groups excluding carboxylic acids is 14. The highest BCUT2D eigenvalue weighted by molar-refractivity contribution is 6.13. The van der Waals surface area contributed by atoms with Gasteiger partial charge < -0.3 is 127 Å². The van der Waals surface area contributed by atoms with E-state index in [2.05, 4.69) is 37.2 Å². The van der Waals surface area contributed by atoms with Crippen LogP contribution in [0.4, 0.5) is 32.3 Å². The first-order valence-electron chi connectivity index (χ1n) is 43.8. The van der Waals surface area contributed by atoms with Crippen molar-refractivity contribution in [2.45, 2.75) is 117 Å². The SMILES string of the molecule is CC(C)[C@H](CC(=O)CCOCCOCCOCCOCCOCCNC(=O)CCN1C(=O)C=CC1=O)C(=O)N[C@@H](CCC(N)=O)C(=O)Nc1ccc(CO)cc1.CC(C)[C@H](NC(=O)CCOCCOCCOCCOCCOCCNC(=O)CCN1C(=O)C=CC1=O)C(=O)N[C@@H](CCCNC(N)=O)C(=O)O.Nc1ccc(CO)cc1.O=C(Oc1ccc([N+](=O)[O-])cc1)Oc1ccc([N+](=O)[O-])cc1. The number of non-ortho nitro benzene ring substituents is 2. The second-order valence-corrected chi connectivity index (χ2v) is 30.1. The number of rotatable bonds is 67. The Labute approximate surface area is 790 Å². The van der Waals surface area contributed by atoms with Crippen LogP contribution >= 0.6 is 0 Å². The van der Waals surface area contributed by atoms with Crippen LogP contribution in [0, 0.1) is 38.0 Å². The van der Waals surface area contributed by atoms with Crippen LogP contribution in [-0.4, -0.2) is 307 Å². The zero-order chi connectivity index (χ0) is 101. The second kappa shape index (κ2) is 70.4. The van der Waals surface area contributed by atoms with Crippen LogP contribution in [0.25, 0.3) is 0 Å². The van der Waals surface area contributed by atoms with Crippen molar-refractivity contribution in [2.24, 2.45) is 29.2 Å². The van der Waals surface area contributed by atoms with Crippen LogP contribution in [0.15, 0.2) is 121 Å². The fraction of sp³-hybridized carbons (Fsp3) is 0.517. The first kappa shape index (κ1) is 118. The molecule has 0 bridgehead atoms. The molecule has 0 radical (unpaired) electrons. The predicted molar refractivity (Wildman–Crippen MR) is 486 cm³/mol. The van der Waals surface area contributed by atoms with Crippen molar-refractivity contribution in [1.82, 2.24) is 41.7 Å². The smallest absolute Gasteiger partial charge is 0.480 e. The van der Waals surface area contributed by atoms with E-state index in [1.807, 2.05) is 13.8 Å². The summed E-state index contributed by atoms with van der Waals surface area (Å²) in [5.41, 5.74) is 18.1. The number of ether oxygens (including phenoxy) is 12. The number of aliphatic hydroxyl groups is 2. The van der Waals surface area contributed by atoms with E-state index in [9.17, 15) is 102 Å². The van der Waals surface area contributed by atoms with E-state index < -0.39 is 105 Å². The summed E-state index contributed by atoms with van der Waals surface area (Å²) in [4.78, 5) is 201. The Morgan fingerprint density at radius 3 is 1.16 bits per heavy atom. The van der Waals surface area contributed by atoms with Gasteiger partial charge in [0.15, 0.2) is 0 Å².